The van der Waals surface area contributed by atoms with E-state index >= 15 is 0 Å². The minimum atomic E-state index is 0.537. The van der Waals surface area contributed by atoms with Crippen molar-refractivity contribution in [2.45, 2.75) is 58.4 Å². The smallest absolute Gasteiger partial charge is 0.0191 e. The van der Waals surface area contributed by atoms with Gasteiger partial charge in [-0.2, -0.15) is 11.8 Å². The third-order valence-electron chi connectivity index (χ3n) is 5.23. The third kappa shape index (κ3) is 4.64. The van der Waals surface area contributed by atoms with Gasteiger partial charge in [0.15, 0.2) is 0 Å². The Labute approximate surface area is 130 Å². The molecule has 2 aliphatic rings. The highest BCUT2D eigenvalue weighted by molar-refractivity contribution is 7.99. The average molecular weight is 299 g/mol. The van der Waals surface area contributed by atoms with Gasteiger partial charge in [-0.25, -0.2) is 0 Å². The molecule has 1 saturated carbocycles. The summed E-state index contributed by atoms with van der Waals surface area (Å²) in [6, 6.07) is 0.834. The second kappa shape index (κ2) is 8.05. The summed E-state index contributed by atoms with van der Waals surface area (Å²) >= 11 is 2.14. The topological polar surface area (TPSA) is 15.3 Å². The molecule has 0 aromatic heterocycles. The molecule has 2 rings (SSSR count). The summed E-state index contributed by atoms with van der Waals surface area (Å²) in [4.78, 5) is 2.69. The number of nitrogens with zero attached hydrogens (tertiary/aromatic N) is 1. The van der Waals surface area contributed by atoms with Gasteiger partial charge in [0, 0.05) is 24.9 Å². The summed E-state index contributed by atoms with van der Waals surface area (Å²) in [6.45, 7) is 8.44. The summed E-state index contributed by atoms with van der Waals surface area (Å²) < 4.78 is 0. The predicted molar refractivity (Wildman–Crippen MR) is 91.6 cm³/mol. The van der Waals surface area contributed by atoms with Crippen molar-refractivity contribution in [2.75, 3.05) is 38.2 Å². The van der Waals surface area contributed by atoms with Crippen molar-refractivity contribution in [3.8, 4) is 0 Å². The lowest BCUT2D eigenvalue weighted by Crippen LogP contribution is -2.48. The highest BCUT2D eigenvalue weighted by Crippen LogP contribution is 2.40. The van der Waals surface area contributed by atoms with E-state index in [1.165, 1.54) is 69.7 Å². The largest absolute Gasteiger partial charge is 0.316 e. The zero-order valence-electron chi connectivity index (χ0n) is 13.8. The molecule has 118 valence electrons. The van der Waals surface area contributed by atoms with E-state index in [0.29, 0.717) is 5.41 Å². The first kappa shape index (κ1) is 16.6. The van der Waals surface area contributed by atoms with Gasteiger partial charge in [-0.05, 0) is 56.4 Å². The number of hydrogen-bond acceptors (Lipinski definition) is 3. The van der Waals surface area contributed by atoms with Crippen LogP contribution >= 0.6 is 11.8 Å². The van der Waals surface area contributed by atoms with Gasteiger partial charge in [0.2, 0.25) is 0 Å². The second-order valence-corrected chi connectivity index (χ2v) is 8.46. The maximum Gasteiger partial charge on any atom is 0.0191 e. The molecule has 0 amide bonds. The fraction of sp³-hybridized carbons (Fsp3) is 1.00. The second-order valence-electron chi connectivity index (χ2n) is 7.31. The molecule has 1 aliphatic carbocycles. The van der Waals surface area contributed by atoms with Gasteiger partial charge in [-0.1, -0.05) is 26.7 Å². The number of thioether (sulfide) groups is 1. The van der Waals surface area contributed by atoms with Crippen LogP contribution < -0.4 is 5.32 Å². The van der Waals surface area contributed by atoms with E-state index in [1.54, 1.807) is 0 Å². The van der Waals surface area contributed by atoms with Gasteiger partial charge < -0.3 is 10.2 Å². The van der Waals surface area contributed by atoms with Gasteiger partial charge in [0.25, 0.3) is 0 Å². The summed E-state index contributed by atoms with van der Waals surface area (Å²) in [6.07, 6.45) is 8.38. The zero-order chi connectivity index (χ0) is 14.4. The first-order valence-corrected chi connectivity index (χ1v) is 9.79. The molecule has 3 atom stereocenters. The molecule has 2 fully saturated rings. The van der Waals surface area contributed by atoms with Gasteiger partial charge >= 0.3 is 0 Å². The highest BCUT2D eigenvalue weighted by Gasteiger charge is 2.37. The number of hydrogen-bond donors (Lipinski definition) is 1. The maximum atomic E-state index is 3.73. The standard InChI is InChI=1S/C17H34N2S/c1-4-9-18-13-17(8-5-6-15(2)11-17)14-19(3)16-7-10-20-12-16/h15-16,18H,4-14H2,1-3H3. The van der Waals surface area contributed by atoms with Crippen LogP contribution in [0.25, 0.3) is 0 Å². The summed E-state index contributed by atoms with van der Waals surface area (Å²) in [5.41, 5.74) is 0.537. The number of rotatable bonds is 7. The third-order valence-corrected chi connectivity index (χ3v) is 6.37. The van der Waals surface area contributed by atoms with Crippen molar-refractivity contribution in [1.29, 1.82) is 0 Å². The predicted octanol–water partition coefficient (Wildman–Crippen LogP) is 3.62. The van der Waals surface area contributed by atoms with Crippen molar-refractivity contribution in [1.82, 2.24) is 10.2 Å². The van der Waals surface area contributed by atoms with Crippen molar-refractivity contribution in [3.05, 3.63) is 0 Å². The van der Waals surface area contributed by atoms with E-state index in [4.69, 9.17) is 0 Å². The molecule has 1 saturated heterocycles. The Morgan fingerprint density at radius 3 is 2.85 bits per heavy atom. The average Bonchev–Trinajstić information content (AvgIpc) is 2.93. The number of nitrogens with one attached hydrogen (secondary N) is 1. The Kier molecular flexibility index (Phi) is 6.70. The maximum absolute atomic E-state index is 3.73. The van der Waals surface area contributed by atoms with Crippen LogP contribution in [-0.4, -0.2) is 49.1 Å². The molecular formula is C17H34N2S. The van der Waals surface area contributed by atoms with Gasteiger partial charge in [-0.15, -0.1) is 0 Å². The SMILES string of the molecule is CCCNCC1(CN(C)C2CCSC2)CCCC(C)C1. The molecule has 3 unspecified atom stereocenters. The van der Waals surface area contributed by atoms with Crippen LogP contribution in [0, 0.1) is 11.3 Å². The van der Waals surface area contributed by atoms with Crippen LogP contribution in [0.5, 0.6) is 0 Å². The van der Waals surface area contributed by atoms with Gasteiger partial charge in [-0.3, -0.25) is 0 Å². The lowest BCUT2D eigenvalue weighted by Gasteiger charge is -2.44. The molecule has 1 aliphatic heterocycles. The molecule has 3 heteroatoms. The Morgan fingerprint density at radius 2 is 2.20 bits per heavy atom. The van der Waals surface area contributed by atoms with Crippen LogP contribution in [0.1, 0.15) is 52.4 Å². The first-order valence-electron chi connectivity index (χ1n) is 8.64. The van der Waals surface area contributed by atoms with Crippen LogP contribution in [0.15, 0.2) is 0 Å². The minimum absolute atomic E-state index is 0.537. The molecule has 0 bridgehead atoms. The van der Waals surface area contributed by atoms with E-state index < -0.39 is 0 Å². The lowest BCUT2D eigenvalue weighted by atomic mass is 9.69. The van der Waals surface area contributed by atoms with E-state index in [-0.39, 0.29) is 0 Å². The molecular weight excluding hydrogens is 264 g/mol. The van der Waals surface area contributed by atoms with Crippen LogP contribution in [0.3, 0.4) is 0 Å². The minimum Gasteiger partial charge on any atom is -0.316 e. The van der Waals surface area contributed by atoms with Gasteiger partial charge in [0.1, 0.15) is 0 Å². The highest BCUT2D eigenvalue weighted by atomic mass is 32.2. The first-order chi connectivity index (χ1) is 9.65. The molecule has 0 aromatic carbocycles. The Balaban J connectivity index is 1.93. The van der Waals surface area contributed by atoms with E-state index in [9.17, 15) is 0 Å². The molecule has 1 N–H and O–H groups in total. The summed E-state index contributed by atoms with van der Waals surface area (Å²) in [5.74, 6) is 3.63. The fourth-order valence-corrected chi connectivity index (χ4v) is 5.49. The van der Waals surface area contributed by atoms with Crippen molar-refractivity contribution in [3.63, 3.8) is 0 Å². The molecule has 0 radical (unpaired) electrons. The molecule has 2 nitrogen and oxygen atoms in total. The van der Waals surface area contributed by atoms with Crippen LogP contribution in [0.2, 0.25) is 0 Å². The summed E-state index contributed by atoms with van der Waals surface area (Å²) in [5, 5.41) is 3.73. The lowest BCUT2D eigenvalue weighted by molar-refractivity contribution is 0.0774. The van der Waals surface area contributed by atoms with Crippen LogP contribution in [0.4, 0.5) is 0 Å². The summed E-state index contributed by atoms with van der Waals surface area (Å²) in [7, 11) is 2.37. The Bertz CT molecular complexity index is 278. The van der Waals surface area contributed by atoms with Crippen molar-refractivity contribution < 1.29 is 0 Å². The van der Waals surface area contributed by atoms with E-state index in [2.05, 4.69) is 42.9 Å². The Hall–Kier alpha value is 0.270. The van der Waals surface area contributed by atoms with E-state index in [1.807, 2.05) is 0 Å². The van der Waals surface area contributed by atoms with E-state index in [0.717, 1.165) is 12.0 Å². The molecule has 20 heavy (non-hydrogen) atoms. The van der Waals surface area contributed by atoms with Gasteiger partial charge in [0.05, 0.1) is 0 Å². The monoisotopic (exact) mass is 298 g/mol. The zero-order valence-corrected chi connectivity index (χ0v) is 14.6. The molecule has 0 spiro atoms. The fourth-order valence-electron chi connectivity index (χ4n) is 4.19. The van der Waals surface area contributed by atoms with Crippen molar-refractivity contribution in [2.24, 2.45) is 11.3 Å². The quantitative estimate of drug-likeness (QED) is 0.723. The van der Waals surface area contributed by atoms with Crippen LogP contribution in [-0.2, 0) is 0 Å². The van der Waals surface area contributed by atoms with Crippen molar-refractivity contribution >= 4 is 11.8 Å². The Morgan fingerprint density at radius 1 is 1.35 bits per heavy atom. The normalized spacial score (nSPS) is 34.8. The molecule has 1 heterocycles. The molecule has 0 aromatic rings.